The second kappa shape index (κ2) is 7.07. The van der Waals surface area contributed by atoms with Crippen molar-refractivity contribution in [3.8, 4) is 0 Å². The molecule has 0 saturated carbocycles. The summed E-state index contributed by atoms with van der Waals surface area (Å²) in [6.07, 6.45) is 0. The van der Waals surface area contributed by atoms with Crippen LogP contribution < -0.4 is 10.6 Å². The molecule has 106 valence electrons. The molecule has 1 heterocycles. The molecular formula is C14H17ClN4O. The highest BCUT2D eigenvalue weighted by Crippen LogP contribution is 2.18. The molecule has 0 unspecified atom stereocenters. The highest BCUT2D eigenvalue weighted by atomic mass is 35.5. The van der Waals surface area contributed by atoms with Gasteiger partial charge in [-0.25, -0.2) is 4.98 Å². The number of benzene rings is 1. The lowest BCUT2D eigenvalue weighted by atomic mass is 10.3. The van der Waals surface area contributed by atoms with Gasteiger partial charge in [0.2, 0.25) is 5.95 Å². The molecule has 0 saturated heterocycles. The smallest absolute Gasteiger partial charge is 0.229 e. The van der Waals surface area contributed by atoms with Crippen LogP contribution in [0.4, 0.5) is 17.5 Å². The largest absolute Gasteiger partial charge is 0.383 e. The average Bonchev–Trinajstić information content (AvgIpc) is 2.41. The van der Waals surface area contributed by atoms with E-state index in [1.807, 2.05) is 37.3 Å². The Morgan fingerprint density at radius 1 is 1.20 bits per heavy atom. The van der Waals surface area contributed by atoms with Crippen molar-refractivity contribution in [2.45, 2.75) is 6.92 Å². The summed E-state index contributed by atoms with van der Waals surface area (Å²) >= 11 is 5.86. The van der Waals surface area contributed by atoms with Crippen molar-refractivity contribution >= 4 is 29.1 Å². The van der Waals surface area contributed by atoms with Gasteiger partial charge in [0.25, 0.3) is 0 Å². The maximum atomic E-state index is 5.86. The molecule has 0 spiro atoms. The summed E-state index contributed by atoms with van der Waals surface area (Å²) < 4.78 is 5.00. The average molecular weight is 293 g/mol. The van der Waals surface area contributed by atoms with Gasteiger partial charge >= 0.3 is 0 Å². The van der Waals surface area contributed by atoms with Crippen LogP contribution in [0.15, 0.2) is 30.3 Å². The molecule has 2 N–H and O–H groups in total. The predicted molar refractivity (Wildman–Crippen MR) is 81.9 cm³/mol. The van der Waals surface area contributed by atoms with Gasteiger partial charge < -0.3 is 15.4 Å². The van der Waals surface area contributed by atoms with Gasteiger partial charge in [-0.1, -0.05) is 11.6 Å². The molecule has 0 atom stereocenters. The number of aromatic nitrogens is 2. The maximum absolute atomic E-state index is 5.86. The molecule has 0 amide bonds. The van der Waals surface area contributed by atoms with Gasteiger partial charge in [-0.2, -0.15) is 4.98 Å². The number of halogens is 1. The Bertz CT molecular complexity index is 560. The predicted octanol–water partition coefficient (Wildman–Crippen LogP) is 3.24. The topological polar surface area (TPSA) is 59.1 Å². The molecule has 0 fully saturated rings. The van der Waals surface area contributed by atoms with E-state index < -0.39 is 0 Å². The molecule has 5 nitrogen and oxygen atoms in total. The lowest BCUT2D eigenvalue weighted by Crippen LogP contribution is -2.10. The normalized spacial score (nSPS) is 10.3. The molecule has 0 radical (unpaired) electrons. The van der Waals surface area contributed by atoms with Crippen LogP contribution in [-0.4, -0.2) is 30.2 Å². The Hall–Kier alpha value is -1.85. The SMILES string of the molecule is COCCNc1cc(C)nc(Nc2ccc(Cl)cc2)n1. The second-order valence-electron chi connectivity index (χ2n) is 4.27. The Labute approximate surface area is 123 Å². The van der Waals surface area contributed by atoms with Gasteiger partial charge in [-0.3, -0.25) is 0 Å². The van der Waals surface area contributed by atoms with Crippen molar-refractivity contribution in [2.75, 3.05) is 30.9 Å². The van der Waals surface area contributed by atoms with E-state index in [0.29, 0.717) is 24.1 Å². The summed E-state index contributed by atoms with van der Waals surface area (Å²) in [5.74, 6) is 1.32. The number of anilines is 3. The van der Waals surface area contributed by atoms with Crippen molar-refractivity contribution < 1.29 is 4.74 Å². The molecule has 0 aliphatic heterocycles. The molecule has 0 aliphatic carbocycles. The zero-order chi connectivity index (χ0) is 14.4. The van der Waals surface area contributed by atoms with E-state index in [2.05, 4.69) is 20.6 Å². The van der Waals surface area contributed by atoms with Crippen LogP contribution in [0.5, 0.6) is 0 Å². The van der Waals surface area contributed by atoms with Crippen LogP contribution in [0.3, 0.4) is 0 Å². The Morgan fingerprint density at radius 3 is 2.65 bits per heavy atom. The molecule has 20 heavy (non-hydrogen) atoms. The van der Waals surface area contributed by atoms with Crippen molar-refractivity contribution in [1.29, 1.82) is 0 Å². The van der Waals surface area contributed by atoms with E-state index in [-0.39, 0.29) is 0 Å². The fourth-order valence-corrected chi connectivity index (χ4v) is 1.78. The van der Waals surface area contributed by atoms with Gasteiger partial charge in [0, 0.05) is 36.1 Å². The zero-order valence-electron chi connectivity index (χ0n) is 11.5. The number of aryl methyl sites for hydroxylation is 1. The summed E-state index contributed by atoms with van der Waals surface area (Å²) in [7, 11) is 1.67. The fraction of sp³-hybridized carbons (Fsp3) is 0.286. The van der Waals surface area contributed by atoms with Crippen molar-refractivity contribution in [1.82, 2.24) is 9.97 Å². The monoisotopic (exact) mass is 292 g/mol. The number of ether oxygens (including phenoxy) is 1. The number of rotatable bonds is 6. The van der Waals surface area contributed by atoms with E-state index in [1.54, 1.807) is 7.11 Å². The van der Waals surface area contributed by atoms with E-state index in [4.69, 9.17) is 16.3 Å². The number of hydrogen-bond donors (Lipinski definition) is 2. The third-order valence-corrected chi connectivity index (χ3v) is 2.82. The van der Waals surface area contributed by atoms with Crippen molar-refractivity contribution in [2.24, 2.45) is 0 Å². The first-order valence-corrected chi connectivity index (χ1v) is 6.66. The lowest BCUT2D eigenvalue weighted by Gasteiger charge is -2.09. The summed E-state index contributed by atoms with van der Waals surface area (Å²) in [6, 6.07) is 9.29. The minimum Gasteiger partial charge on any atom is -0.383 e. The fourth-order valence-electron chi connectivity index (χ4n) is 1.66. The highest BCUT2D eigenvalue weighted by molar-refractivity contribution is 6.30. The van der Waals surface area contributed by atoms with Gasteiger partial charge in [0.1, 0.15) is 5.82 Å². The minimum absolute atomic E-state index is 0.548. The third kappa shape index (κ3) is 4.36. The van der Waals surface area contributed by atoms with Gasteiger partial charge in [-0.05, 0) is 31.2 Å². The first-order valence-electron chi connectivity index (χ1n) is 6.28. The molecule has 1 aromatic carbocycles. The van der Waals surface area contributed by atoms with Crippen LogP contribution in [0.25, 0.3) is 0 Å². The van der Waals surface area contributed by atoms with E-state index >= 15 is 0 Å². The molecule has 2 aromatic rings. The summed E-state index contributed by atoms with van der Waals surface area (Å²) in [4.78, 5) is 8.75. The third-order valence-electron chi connectivity index (χ3n) is 2.57. The molecule has 0 bridgehead atoms. The molecule has 6 heteroatoms. The molecule has 0 aliphatic rings. The molecular weight excluding hydrogens is 276 g/mol. The lowest BCUT2D eigenvalue weighted by molar-refractivity contribution is 0.210. The van der Waals surface area contributed by atoms with Gasteiger partial charge in [-0.15, -0.1) is 0 Å². The van der Waals surface area contributed by atoms with Crippen LogP contribution in [0, 0.1) is 6.92 Å². The summed E-state index contributed by atoms with van der Waals surface area (Å²) in [5, 5.41) is 7.03. The first-order chi connectivity index (χ1) is 9.67. The number of nitrogens with zero attached hydrogens (tertiary/aromatic N) is 2. The van der Waals surface area contributed by atoms with Gasteiger partial charge in [0.05, 0.1) is 6.61 Å². The summed E-state index contributed by atoms with van der Waals surface area (Å²) in [6.45, 7) is 3.26. The number of methoxy groups -OCH3 is 1. The zero-order valence-corrected chi connectivity index (χ0v) is 12.2. The van der Waals surface area contributed by atoms with Crippen molar-refractivity contribution in [3.63, 3.8) is 0 Å². The molecule has 2 rings (SSSR count). The van der Waals surface area contributed by atoms with Crippen LogP contribution in [0.1, 0.15) is 5.69 Å². The molecule has 1 aromatic heterocycles. The van der Waals surface area contributed by atoms with E-state index in [0.717, 1.165) is 17.2 Å². The van der Waals surface area contributed by atoms with E-state index in [1.165, 1.54) is 0 Å². The second-order valence-corrected chi connectivity index (χ2v) is 4.71. The Balaban J connectivity index is 2.09. The quantitative estimate of drug-likeness (QED) is 0.801. The van der Waals surface area contributed by atoms with Crippen LogP contribution in [0.2, 0.25) is 5.02 Å². The minimum atomic E-state index is 0.548. The first kappa shape index (κ1) is 14.6. The van der Waals surface area contributed by atoms with Crippen LogP contribution in [-0.2, 0) is 4.74 Å². The maximum Gasteiger partial charge on any atom is 0.229 e. The summed E-state index contributed by atoms with van der Waals surface area (Å²) in [5.41, 5.74) is 1.78. The number of hydrogen-bond acceptors (Lipinski definition) is 5. The van der Waals surface area contributed by atoms with Gasteiger partial charge in [0.15, 0.2) is 0 Å². The number of nitrogens with one attached hydrogen (secondary N) is 2. The van der Waals surface area contributed by atoms with Crippen molar-refractivity contribution in [3.05, 3.63) is 41.0 Å². The van der Waals surface area contributed by atoms with E-state index in [9.17, 15) is 0 Å². The standard InChI is InChI=1S/C14H17ClN4O/c1-10-9-13(16-7-8-20-2)19-14(17-10)18-12-5-3-11(15)4-6-12/h3-6,9H,7-8H2,1-2H3,(H2,16,17,18,19). The Kier molecular flexibility index (Phi) is 5.15. The van der Waals surface area contributed by atoms with Crippen LogP contribution >= 0.6 is 11.6 Å². The Morgan fingerprint density at radius 2 is 1.95 bits per heavy atom. The highest BCUT2D eigenvalue weighted by Gasteiger charge is 2.02.